The zero-order valence-electron chi connectivity index (χ0n) is 13.3. The molecule has 7 nitrogen and oxygen atoms in total. The van der Waals surface area contributed by atoms with Crippen LogP contribution in [-0.2, 0) is 0 Å². The lowest BCUT2D eigenvalue weighted by Gasteiger charge is -2.42. The van der Waals surface area contributed by atoms with Gasteiger partial charge in [0.2, 0.25) is 0 Å². The summed E-state index contributed by atoms with van der Waals surface area (Å²) in [4.78, 5) is 26.9. The predicted molar refractivity (Wildman–Crippen MR) is 84.4 cm³/mol. The predicted octanol–water partition coefficient (Wildman–Crippen LogP) is 1.02. The quantitative estimate of drug-likeness (QED) is 0.743. The van der Waals surface area contributed by atoms with Gasteiger partial charge < -0.3 is 19.4 Å². The van der Waals surface area contributed by atoms with E-state index in [0.717, 1.165) is 0 Å². The van der Waals surface area contributed by atoms with E-state index in [9.17, 15) is 19.8 Å². The molecule has 1 saturated heterocycles. The molecule has 4 rings (SSSR count). The van der Waals surface area contributed by atoms with Crippen molar-refractivity contribution in [2.45, 2.75) is 25.7 Å². The van der Waals surface area contributed by atoms with Crippen molar-refractivity contribution in [2.24, 2.45) is 5.92 Å². The number of aryl methyl sites for hydroxylation is 1. The fourth-order valence-corrected chi connectivity index (χ4v) is 3.61. The second-order valence-corrected chi connectivity index (χ2v) is 6.42. The molecule has 2 aromatic rings. The van der Waals surface area contributed by atoms with Crippen LogP contribution in [0.1, 0.15) is 22.5 Å². The minimum atomic E-state index is -0.968. The number of phenolic OH excluding ortho intramolecular Hbond substituents is 1. The Balaban J connectivity index is 2.00. The smallest absolute Gasteiger partial charge is 0.196 e. The van der Waals surface area contributed by atoms with E-state index in [1.807, 2.05) is 0 Å². The number of nitrogens with zero attached hydrogens (tertiary/aromatic N) is 1. The largest absolute Gasteiger partial charge is 0.507 e. The second kappa shape index (κ2) is 5.06. The van der Waals surface area contributed by atoms with E-state index in [-0.39, 0.29) is 33.8 Å². The third kappa shape index (κ3) is 1.98. The van der Waals surface area contributed by atoms with Crippen molar-refractivity contribution in [2.75, 3.05) is 13.6 Å². The van der Waals surface area contributed by atoms with Gasteiger partial charge in [0.25, 0.3) is 0 Å². The summed E-state index contributed by atoms with van der Waals surface area (Å²) < 4.78 is 11.4. The molecule has 1 fully saturated rings. The number of fused-ring (bicyclic) bond motifs is 4. The lowest BCUT2D eigenvalue weighted by atomic mass is 9.82. The number of aliphatic hydroxyl groups is 1. The maximum atomic E-state index is 13.0. The van der Waals surface area contributed by atoms with Gasteiger partial charge in [-0.1, -0.05) is 0 Å². The van der Waals surface area contributed by atoms with Gasteiger partial charge in [-0.05, 0) is 20.4 Å². The van der Waals surface area contributed by atoms with Crippen molar-refractivity contribution in [3.05, 3.63) is 33.7 Å². The Hall–Kier alpha value is -2.38. The van der Waals surface area contributed by atoms with E-state index < -0.39 is 23.7 Å². The number of hydrogen-bond acceptors (Lipinski definition) is 7. The standard InChI is InChI=1S/C17H17NO6/c1-7-5-8(19)12-9(20)6-11-13(16(12)23-7)15(21)14-10(24-11)3-4-18(2)17(14)22/h5-6,10,14,17,20,22H,3-4H2,1-2H3/t10-,14+,17+/m0/s1. The highest BCUT2D eigenvalue weighted by Gasteiger charge is 2.47. The average Bonchev–Trinajstić information content (AvgIpc) is 2.49. The van der Waals surface area contributed by atoms with Crippen LogP contribution < -0.4 is 10.2 Å². The number of Topliss-reactive ketones (excluding diaryl/α,β-unsaturated/α-hetero) is 1. The van der Waals surface area contributed by atoms with E-state index in [1.54, 1.807) is 18.9 Å². The molecule has 1 aromatic heterocycles. The zero-order chi connectivity index (χ0) is 17.2. The van der Waals surface area contributed by atoms with Crippen LogP contribution in [-0.4, -0.2) is 46.8 Å². The van der Waals surface area contributed by atoms with Gasteiger partial charge in [0.1, 0.15) is 40.5 Å². The maximum Gasteiger partial charge on any atom is 0.196 e. The summed E-state index contributed by atoms with van der Waals surface area (Å²) in [5.41, 5.74) is -0.302. The average molecular weight is 331 g/mol. The normalized spacial score (nSPS) is 26.8. The molecule has 0 aliphatic carbocycles. The molecule has 0 saturated carbocycles. The molecule has 0 spiro atoms. The molecule has 7 heteroatoms. The van der Waals surface area contributed by atoms with Crippen LogP contribution in [0.4, 0.5) is 0 Å². The highest BCUT2D eigenvalue weighted by Crippen LogP contribution is 2.42. The first-order valence-electron chi connectivity index (χ1n) is 7.78. The van der Waals surface area contributed by atoms with Crippen LogP contribution in [0.5, 0.6) is 11.5 Å². The summed E-state index contributed by atoms with van der Waals surface area (Å²) in [7, 11) is 1.74. The number of carbonyl (C=O) groups is 1. The summed E-state index contributed by atoms with van der Waals surface area (Å²) in [6.07, 6.45) is -0.852. The molecule has 0 radical (unpaired) electrons. The van der Waals surface area contributed by atoms with E-state index in [4.69, 9.17) is 9.15 Å². The Bertz CT molecular complexity index is 917. The van der Waals surface area contributed by atoms with Crippen LogP contribution in [0.25, 0.3) is 11.0 Å². The van der Waals surface area contributed by atoms with Crippen LogP contribution in [0.2, 0.25) is 0 Å². The molecule has 3 atom stereocenters. The van der Waals surface area contributed by atoms with E-state index in [0.29, 0.717) is 18.7 Å². The number of aliphatic hydroxyl groups excluding tert-OH is 1. The first kappa shape index (κ1) is 15.2. The van der Waals surface area contributed by atoms with Crippen molar-refractivity contribution < 1.29 is 24.2 Å². The lowest BCUT2D eigenvalue weighted by molar-refractivity contribution is -0.0868. The monoisotopic (exact) mass is 331 g/mol. The van der Waals surface area contributed by atoms with Crippen LogP contribution >= 0.6 is 0 Å². The molecular weight excluding hydrogens is 314 g/mol. The van der Waals surface area contributed by atoms with E-state index in [2.05, 4.69) is 0 Å². The Morgan fingerprint density at radius 3 is 2.79 bits per heavy atom. The highest BCUT2D eigenvalue weighted by molar-refractivity contribution is 6.12. The SMILES string of the molecule is Cc1cc(=O)c2c(O)cc3c(c2o1)C(=O)[C@H]1[C@H](CCN(C)[C@@H]1O)O3. The minimum Gasteiger partial charge on any atom is -0.507 e. The zero-order valence-corrected chi connectivity index (χ0v) is 13.3. The van der Waals surface area contributed by atoms with Crippen molar-refractivity contribution in [1.29, 1.82) is 0 Å². The van der Waals surface area contributed by atoms with Crippen molar-refractivity contribution in [3.8, 4) is 11.5 Å². The number of rotatable bonds is 0. The van der Waals surface area contributed by atoms with Crippen LogP contribution in [0.3, 0.4) is 0 Å². The van der Waals surface area contributed by atoms with Gasteiger partial charge in [-0.15, -0.1) is 0 Å². The number of phenols is 1. The molecular formula is C17H17NO6. The molecule has 1 aromatic carbocycles. The van der Waals surface area contributed by atoms with Gasteiger partial charge in [0.05, 0.1) is 5.92 Å². The molecule has 24 heavy (non-hydrogen) atoms. The number of piperidine rings is 1. The summed E-state index contributed by atoms with van der Waals surface area (Å²) in [6, 6.07) is 2.54. The minimum absolute atomic E-state index is 0.0128. The summed E-state index contributed by atoms with van der Waals surface area (Å²) in [5, 5.41) is 20.5. The van der Waals surface area contributed by atoms with E-state index in [1.165, 1.54) is 12.1 Å². The van der Waals surface area contributed by atoms with Gasteiger partial charge in [-0.3, -0.25) is 14.5 Å². The number of carbonyl (C=O) groups excluding carboxylic acids is 1. The Morgan fingerprint density at radius 1 is 1.29 bits per heavy atom. The molecule has 2 aliphatic rings. The maximum absolute atomic E-state index is 13.0. The number of aromatic hydroxyl groups is 1. The third-order valence-electron chi connectivity index (χ3n) is 4.84. The lowest BCUT2D eigenvalue weighted by Crippen LogP contribution is -2.56. The second-order valence-electron chi connectivity index (χ2n) is 6.42. The van der Waals surface area contributed by atoms with Crippen molar-refractivity contribution in [1.82, 2.24) is 4.90 Å². The van der Waals surface area contributed by atoms with Gasteiger partial charge in [0.15, 0.2) is 16.8 Å². The number of ether oxygens (including phenoxy) is 1. The third-order valence-corrected chi connectivity index (χ3v) is 4.84. The number of ketones is 1. The molecule has 0 unspecified atom stereocenters. The van der Waals surface area contributed by atoms with Crippen LogP contribution in [0, 0.1) is 12.8 Å². The Labute approximate surface area is 137 Å². The molecule has 3 heterocycles. The molecule has 2 N–H and O–H groups in total. The van der Waals surface area contributed by atoms with Gasteiger partial charge in [-0.2, -0.15) is 0 Å². The van der Waals surface area contributed by atoms with Crippen LogP contribution in [0.15, 0.2) is 21.3 Å². The molecule has 0 amide bonds. The fourth-order valence-electron chi connectivity index (χ4n) is 3.61. The highest BCUT2D eigenvalue weighted by atomic mass is 16.5. The first-order valence-corrected chi connectivity index (χ1v) is 7.78. The fraction of sp³-hybridized carbons (Fsp3) is 0.412. The molecule has 0 bridgehead atoms. The number of likely N-dealkylation sites (tertiary alicyclic amines) is 1. The van der Waals surface area contributed by atoms with Gasteiger partial charge in [0, 0.05) is 18.7 Å². The summed E-state index contributed by atoms with van der Waals surface area (Å²) >= 11 is 0. The summed E-state index contributed by atoms with van der Waals surface area (Å²) in [5.74, 6) is -0.848. The van der Waals surface area contributed by atoms with Gasteiger partial charge in [-0.25, -0.2) is 0 Å². The molecule has 126 valence electrons. The number of benzene rings is 1. The van der Waals surface area contributed by atoms with Crippen molar-refractivity contribution in [3.63, 3.8) is 0 Å². The van der Waals surface area contributed by atoms with E-state index >= 15 is 0 Å². The van der Waals surface area contributed by atoms with Gasteiger partial charge >= 0.3 is 0 Å². The topological polar surface area (TPSA) is 100 Å². The first-order chi connectivity index (χ1) is 11.4. The Kier molecular flexibility index (Phi) is 3.20. The van der Waals surface area contributed by atoms with Crippen molar-refractivity contribution >= 4 is 16.8 Å². The Morgan fingerprint density at radius 2 is 2.04 bits per heavy atom. The number of hydrogen-bond donors (Lipinski definition) is 2. The summed E-state index contributed by atoms with van der Waals surface area (Å²) in [6.45, 7) is 2.19. The molecule has 2 aliphatic heterocycles.